The van der Waals surface area contributed by atoms with Gasteiger partial charge in [0.25, 0.3) is 0 Å². The van der Waals surface area contributed by atoms with E-state index in [0.717, 1.165) is 64.8 Å². The fourth-order valence-corrected chi connectivity index (χ4v) is 3.32. The van der Waals surface area contributed by atoms with Crippen LogP contribution < -0.4 is 16.0 Å². The summed E-state index contributed by atoms with van der Waals surface area (Å²) in [4.78, 5) is 40.9. The van der Waals surface area contributed by atoms with Gasteiger partial charge in [-0.2, -0.15) is 0 Å². The van der Waals surface area contributed by atoms with Crippen LogP contribution in [0.3, 0.4) is 0 Å². The largest absolute Gasteiger partial charge is 0.356 e. The summed E-state index contributed by atoms with van der Waals surface area (Å²) in [6, 6.07) is 0. The molecule has 0 aromatic heterocycles. The summed E-state index contributed by atoms with van der Waals surface area (Å²) in [5.74, 6) is -0.182. The monoisotopic (exact) mass is 480 g/mol. The first-order valence-corrected chi connectivity index (χ1v) is 12.4. The Hall–Kier alpha value is -2.23. The molecule has 196 valence electrons. The van der Waals surface area contributed by atoms with Crippen LogP contribution in [0.1, 0.15) is 38.5 Å². The highest BCUT2D eigenvalue weighted by Crippen LogP contribution is 1.98. The van der Waals surface area contributed by atoms with Crippen LogP contribution in [0.15, 0.2) is 25.3 Å². The van der Waals surface area contributed by atoms with Gasteiger partial charge in [-0.3, -0.25) is 14.4 Å². The van der Waals surface area contributed by atoms with Crippen molar-refractivity contribution in [3.8, 4) is 0 Å². The highest BCUT2D eigenvalue weighted by atomic mass is 16.2. The first kappa shape index (κ1) is 31.8. The van der Waals surface area contributed by atoms with E-state index in [1.807, 2.05) is 7.05 Å². The van der Waals surface area contributed by atoms with E-state index in [4.69, 9.17) is 0 Å². The average Bonchev–Trinajstić information content (AvgIpc) is 2.83. The fraction of sp³-hybridized carbons (Fsp3) is 0.720. The standard InChI is InChI=1S/C25H48N6O3/c1-6-23(32)26-14-10-19-29(3)17-8-9-18-30(4)20-12-16-28-25(34)13-22-31(5)21-11-15-27-24(33)7-2/h6-7H,1-2,8-22H2,3-5H3,(H,26,32)(H,27,33)(H,28,34). The Labute approximate surface area is 207 Å². The molecule has 0 atom stereocenters. The van der Waals surface area contributed by atoms with Crippen LogP contribution in [0.4, 0.5) is 0 Å². The molecule has 34 heavy (non-hydrogen) atoms. The number of amides is 3. The van der Waals surface area contributed by atoms with Crippen molar-refractivity contribution in [3.05, 3.63) is 25.3 Å². The van der Waals surface area contributed by atoms with E-state index in [1.165, 1.54) is 12.2 Å². The summed E-state index contributed by atoms with van der Waals surface area (Å²) < 4.78 is 0. The van der Waals surface area contributed by atoms with Gasteiger partial charge in [0.2, 0.25) is 17.7 Å². The van der Waals surface area contributed by atoms with Crippen LogP contribution in [0.2, 0.25) is 0 Å². The molecule has 0 unspecified atom stereocenters. The van der Waals surface area contributed by atoms with E-state index in [1.54, 1.807) is 0 Å². The second-order valence-electron chi connectivity index (χ2n) is 8.77. The minimum atomic E-state index is -0.153. The van der Waals surface area contributed by atoms with Crippen LogP contribution >= 0.6 is 0 Å². The predicted molar refractivity (Wildman–Crippen MR) is 140 cm³/mol. The molecule has 0 heterocycles. The average molecular weight is 481 g/mol. The quantitative estimate of drug-likeness (QED) is 0.157. The van der Waals surface area contributed by atoms with Gasteiger partial charge in [0.15, 0.2) is 0 Å². The van der Waals surface area contributed by atoms with Crippen molar-refractivity contribution in [1.82, 2.24) is 30.7 Å². The van der Waals surface area contributed by atoms with Crippen molar-refractivity contribution < 1.29 is 14.4 Å². The molecule has 0 saturated heterocycles. The van der Waals surface area contributed by atoms with Crippen molar-refractivity contribution in [2.75, 3.05) is 80.0 Å². The first-order valence-electron chi connectivity index (χ1n) is 12.4. The molecule has 0 aromatic carbocycles. The van der Waals surface area contributed by atoms with Crippen LogP contribution in [0.25, 0.3) is 0 Å². The molecule has 0 radical (unpaired) electrons. The topological polar surface area (TPSA) is 97.0 Å². The highest BCUT2D eigenvalue weighted by Gasteiger charge is 2.06. The Kier molecular flexibility index (Phi) is 19.9. The van der Waals surface area contributed by atoms with E-state index in [0.29, 0.717) is 32.6 Å². The van der Waals surface area contributed by atoms with Gasteiger partial charge >= 0.3 is 0 Å². The van der Waals surface area contributed by atoms with Crippen molar-refractivity contribution in [3.63, 3.8) is 0 Å². The predicted octanol–water partition coefficient (Wildman–Crippen LogP) is 0.843. The SMILES string of the molecule is C=CC(=O)NCCCN(C)CCCCN(C)CCCNC(=O)CCN(C)CCCNC(=O)C=C. The van der Waals surface area contributed by atoms with Crippen LogP contribution in [-0.4, -0.2) is 112 Å². The van der Waals surface area contributed by atoms with E-state index in [2.05, 4.69) is 57.9 Å². The Bertz CT molecular complexity index is 599. The molecule has 3 N–H and O–H groups in total. The molecule has 0 aromatic rings. The number of unbranched alkanes of at least 4 members (excludes halogenated alkanes) is 1. The minimum absolute atomic E-state index is 0.0848. The van der Waals surface area contributed by atoms with E-state index >= 15 is 0 Å². The molecule has 0 aliphatic heterocycles. The third kappa shape index (κ3) is 20.4. The molecule has 0 saturated carbocycles. The maximum atomic E-state index is 12.0. The van der Waals surface area contributed by atoms with Gasteiger partial charge < -0.3 is 30.7 Å². The lowest BCUT2D eigenvalue weighted by Gasteiger charge is -2.19. The van der Waals surface area contributed by atoms with Gasteiger partial charge in [-0.25, -0.2) is 0 Å². The second-order valence-corrected chi connectivity index (χ2v) is 8.77. The van der Waals surface area contributed by atoms with Crippen molar-refractivity contribution in [2.45, 2.75) is 38.5 Å². The lowest BCUT2D eigenvalue weighted by Crippen LogP contribution is -2.32. The highest BCUT2D eigenvalue weighted by molar-refractivity contribution is 5.87. The van der Waals surface area contributed by atoms with Crippen LogP contribution in [-0.2, 0) is 14.4 Å². The van der Waals surface area contributed by atoms with Crippen LogP contribution in [0.5, 0.6) is 0 Å². The van der Waals surface area contributed by atoms with Gasteiger partial charge in [0, 0.05) is 32.6 Å². The summed E-state index contributed by atoms with van der Waals surface area (Å²) in [5, 5.41) is 8.54. The van der Waals surface area contributed by atoms with Gasteiger partial charge in [-0.05, 0) is 98.1 Å². The summed E-state index contributed by atoms with van der Waals surface area (Å²) in [6.07, 6.45) is 8.06. The zero-order valence-electron chi connectivity index (χ0n) is 21.7. The normalized spacial score (nSPS) is 11.0. The molecule has 9 heteroatoms. The first-order chi connectivity index (χ1) is 16.3. The van der Waals surface area contributed by atoms with Gasteiger partial charge in [0.05, 0.1) is 0 Å². The Morgan fingerprint density at radius 2 is 0.941 bits per heavy atom. The Morgan fingerprint density at radius 3 is 1.35 bits per heavy atom. The molecule has 0 rings (SSSR count). The minimum Gasteiger partial charge on any atom is -0.356 e. The molecule has 9 nitrogen and oxygen atoms in total. The lowest BCUT2D eigenvalue weighted by atomic mass is 10.2. The number of carbonyl (C=O) groups is 3. The van der Waals surface area contributed by atoms with Gasteiger partial charge in [0.1, 0.15) is 0 Å². The van der Waals surface area contributed by atoms with Crippen molar-refractivity contribution in [1.29, 1.82) is 0 Å². The molecular formula is C25H48N6O3. The zero-order chi connectivity index (χ0) is 25.6. The summed E-state index contributed by atoms with van der Waals surface area (Å²) in [5.41, 5.74) is 0. The number of hydrogen-bond acceptors (Lipinski definition) is 6. The Balaban J connectivity index is 3.59. The smallest absolute Gasteiger partial charge is 0.243 e. The van der Waals surface area contributed by atoms with Crippen LogP contribution in [0, 0.1) is 0 Å². The fourth-order valence-electron chi connectivity index (χ4n) is 3.32. The summed E-state index contributed by atoms with van der Waals surface area (Å²) >= 11 is 0. The third-order valence-electron chi connectivity index (χ3n) is 5.49. The number of nitrogens with zero attached hydrogens (tertiary/aromatic N) is 3. The van der Waals surface area contributed by atoms with E-state index in [9.17, 15) is 14.4 Å². The Morgan fingerprint density at radius 1 is 0.588 bits per heavy atom. The van der Waals surface area contributed by atoms with Gasteiger partial charge in [-0.1, -0.05) is 13.2 Å². The molecule has 3 amide bonds. The molecule has 0 fully saturated rings. The zero-order valence-corrected chi connectivity index (χ0v) is 21.7. The van der Waals surface area contributed by atoms with E-state index < -0.39 is 0 Å². The molecule has 0 aliphatic carbocycles. The van der Waals surface area contributed by atoms with E-state index in [-0.39, 0.29) is 17.7 Å². The maximum absolute atomic E-state index is 12.0. The maximum Gasteiger partial charge on any atom is 0.243 e. The molecule has 0 spiro atoms. The molecular weight excluding hydrogens is 432 g/mol. The summed E-state index contributed by atoms with van der Waals surface area (Å²) in [7, 11) is 6.22. The number of carbonyl (C=O) groups excluding carboxylic acids is 3. The third-order valence-corrected chi connectivity index (χ3v) is 5.49. The summed E-state index contributed by atoms with van der Waals surface area (Å²) in [6.45, 7) is 14.4. The molecule has 0 aliphatic rings. The number of hydrogen-bond donors (Lipinski definition) is 3. The van der Waals surface area contributed by atoms with Crippen molar-refractivity contribution >= 4 is 17.7 Å². The lowest BCUT2D eigenvalue weighted by molar-refractivity contribution is -0.121. The van der Waals surface area contributed by atoms with Crippen molar-refractivity contribution in [2.24, 2.45) is 0 Å². The second kappa shape index (κ2) is 21.3. The molecule has 0 bridgehead atoms. The number of nitrogens with one attached hydrogen (secondary N) is 3. The number of rotatable bonds is 22. The van der Waals surface area contributed by atoms with Gasteiger partial charge in [-0.15, -0.1) is 0 Å².